The average molecular weight is 300 g/mol. The van der Waals surface area contributed by atoms with Crippen molar-refractivity contribution in [3.8, 4) is 0 Å². The standard InChI is InChI=1S/C15H17FN6/c1-20-15(11-2-4-13(16)5-3-11)12(6-17)7-21-8-14(19)9-22-10-18/h2-6,8-10,17H,1,7,19H2,(H2,18,22)/b14-9+,15-12+,17-6?,21-8?. The molecule has 0 amide bonds. The Balaban J connectivity index is 3.00. The lowest BCUT2D eigenvalue weighted by molar-refractivity contribution is 0.627. The van der Waals surface area contributed by atoms with Crippen LogP contribution in [0.25, 0.3) is 5.70 Å². The first-order valence-corrected chi connectivity index (χ1v) is 6.27. The van der Waals surface area contributed by atoms with Crippen LogP contribution in [0.2, 0.25) is 0 Å². The Hall–Kier alpha value is -3.09. The number of allylic oxidation sites excluding steroid dienone is 1. The van der Waals surface area contributed by atoms with Gasteiger partial charge in [0, 0.05) is 23.6 Å². The second-order valence-electron chi connectivity index (χ2n) is 4.08. The van der Waals surface area contributed by atoms with Crippen molar-refractivity contribution in [2.24, 2.45) is 26.4 Å². The van der Waals surface area contributed by atoms with E-state index in [9.17, 15) is 4.39 Å². The van der Waals surface area contributed by atoms with Crippen LogP contribution >= 0.6 is 0 Å². The quantitative estimate of drug-likeness (QED) is 0.526. The van der Waals surface area contributed by atoms with Crippen molar-refractivity contribution in [2.45, 2.75) is 0 Å². The van der Waals surface area contributed by atoms with Crippen LogP contribution in [-0.4, -0.2) is 32.0 Å². The van der Waals surface area contributed by atoms with Gasteiger partial charge < -0.3 is 16.9 Å². The van der Waals surface area contributed by atoms with E-state index >= 15 is 0 Å². The van der Waals surface area contributed by atoms with E-state index < -0.39 is 0 Å². The zero-order valence-electron chi connectivity index (χ0n) is 11.9. The fourth-order valence-corrected chi connectivity index (χ4v) is 1.59. The lowest BCUT2D eigenvalue weighted by atomic mass is 10.1. The number of benzene rings is 1. The first-order chi connectivity index (χ1) is 10.6. The number of halogens is 1. The van der Waals surface area contributed by atoms with Crippen LogP contribution in [0.3, 0.4) is 0 Å². The van der Waals surface area contributed by atoms with Crippen LogP contribution in [-0.2, 0) is 0 Å². The third-order valence-electron chi connectivity index (χ3n) is 2.57. The number of rotatable bonds is 7. The second kappa shape index (κ2) is 8.96. The summed E-state index contributed by atoms with van der Waals surface area (Å²) in [6.07, 6.45) is 4.99. The van der Waals surface area contributed by atoms with Gasteiger partial charge in [0.15, 0.2) is 0 Å². The molecule has 0 saturated carbocycles. The van der Waals surface area contributed by atoms with Crippen molar-refractivity contribution >= 4 is 31.2 Å². The van der Waals surface area contributed by atoms with E-state index in [1.807, 2.05) is 0 Å². The molecule has 0 aliphatic carbocycles. The highest BCUT2D eigenvalue weighted by Gasteiger charge is 2.06. The van der Waals surface area contributed by atoms with Gasteiger partial charge in [-0.1, -0.05) is 0 Å². The van der Waals surface area contributed by atoms with E-state index in [1.165, 1.54) is 24.5 Å². The Morgan fingerprint density at radius 1 is 1.32 bits per heavy atom. The van der Waals surface area contributed by atoms with Gasteiger partial charge in [-0.15, -0.1) is 0 Å². The van der Waals surface area contributed by atoms with Gasteiger partial charge in [0.2, 0.25) is 0 Å². The van der Waals surface area contributed by atoms with Crippen LogP contribution in [0.15, 0.2) is 56.7 Å². The summed E-state index contributed by atoms with van der Waals surface area (Å²) < 4.78 is 13.0. The largest absolute Gasteiger partial charge is 0.396 e. The maximum absolute atomic E-state index is 13.0. The predicted octanol–water partition coefficient (Wildman–Crippen LogP) is 1.74. The summed E-state index contributed by atoms with van der Waals surface area (Å²) in [4.78, 5) is 11.7. The average Bonchev–Trinajstić information content (AvgIpc) is 2.53. The number of nitrogens with two attached hydrogens (primary N) is 2. The van der Waals surface area contributed by atoms with Gasteiger partial charge in [-0.05, 0) is 31.0 Å². The molecule has 114 valence electrons. The van der Waals surface area contributed by atoms with Gasteiger partial charge in [-0.3, -0.25) is 9.98 Å². The monoisotopic (exact) mass is 300 g/mol. The minimum Gasteiger partial charge on any atom is -0.396 e. The molecule has 0 aromatic heterocycles. The summed E-state index contributed by atoms with van der Waals surface area (Å²) in [6.45, 7) is 3.66. The predicted molar refractivity (Wildman–Crippen MR) is 90.0 cm³/mol. The molecule has 1 aromatic carbocycles. The number of hydrogen-bond donors (Lipinski definition) is 3. The van der Waals surface area contributed by atoms with E-state index in [0.717, 1.165) is 12.6 Å². The van der Waals surface area contributed by atoms with Gasteiger partial charge in [-0.25, -0.2) is 9.38 Å². The normalized spacial score (nSPS) is 13.4. The molecule has 0 saturated heterocycles. The van der Waals surface area contributed by atoms with Crippen molar-refractivity contribution in [2.75, 3.05) is 6.54 Å². The number of hydrogen-bond acceptors (Lipinski definition) is 5. The zero-order chi connectivity index (χ0) is 16.4. The minimum atomic E-state index is -0.347. The van der Waals surface area contributed by atoms with Gasteiger partial charge in [0.25, 0.3) is 0 Å². The molecule has 0 fully saturated rings. The molecule has 0 aliphatic heterocycles. The molecule has 1 aromatic rings. The maximum Gasteiger partial charge on any atom is 0.123 e. The molecular weight excluding hydrogens is 283 g/mol. The Kier molecular flexibility index (Phi) is 6.91. The van der Waals surface area contributed by atoms with Gasteiger partial charge in [-0.2, -0.15) is 0 Å². The molecule has 5 N–H and O–H groups in total. The molecule has 6 nitrogen and oxygen atoms in total. The number of nitrogens with one attached hydrogen (secondary N) is 1. The Bertz CT molecular complexity index is 641. The van der Waals surface area contributed by atoms with Crippen LogP contribution in [0.1, 0.15) is 5.56 Å². The topological polar surface area (TPSA) is 113 Å². The number of aliphatic imine (C=N–C) groups is 3. The van der Waals surface area contributed by atoms with Crippen LogP contribution in [0, 0.1) is 11.2 Å². The Morgan fingerprint density at radius 3 is 2.55 bits per heavy atom. The lowest BCUT2D eigenvalue weighted by Crippen LogP contribution is -2.01. The SMILES string of the molecule is C=N/C(=C(\C=N)CN=C/C(N)=C\N=CN)c1ccc(F)cc1. The molecule has 0 atom stereocenters. The molecule has 22 heavy (non-hydrogen) atoms. The van der Waals surface area contributed by atoms with E-state index in [4.69, 9.17) is 16.9 Å². The lowest BCUT2D eigenvalue weighted by Gasteiger charge is -2.06. The highest BCUT2D eigenvalue weighted by Crippen LogP contribution is 2.19. The highest BCUT2D eigenvalue weighted by molar-refractivity contribution is 5.91. The fourth-order valence-electron chi connectivity index (χ4n) is 1.59. The van der Waals surface area contributed by atoms with Crippen LogP contribution < -0.4 is 11.5 Å². The smallest absolute Gasteiger partial charge is 0.123 e. The van der Waals surface area contributed by atoms with Crippen LogP contribution in [0.5, 0.6) is 0 Å². The third kappa shape index (κ3) is 5.12. The maximum atomic E-state index is 13.0. The Morgan fingerprint density at radius 2 is 2.00 bits per heavy atom. The summed E-state index contributed by atoms with van der Waals surface area (Å²) in [6, 6.07) is 5.77. The number of nitrogens with zero attached hydrogens (tertiary/aromatic N) is 3. The minimum absolute atomic E-state index is 0.177. The van der Waals surface area contributed by atoms with Crippen molar-refractivity contribution in [1.29, 1.82) is 5.41 Å². The molecule has 0 heterocycles. The van der Waals surface area contributed by atoms with E-state index in [-0.39, 0.29) is 12.4 Å². The summed E-state index contributed by atoms with van der Waals surface area (Å²) in [5.74, 6) is -0.347. The molecule has 0 aliphatic rings. The third-order valence-corrected chi connectivity index (χ3v) is 2.57. The molecular formula is C15H17FN6. The van der Waals surface area contributed by atoms with E-state index in [1.54, 1.807) is 12.1 Å². The molecule has 7 heteroatoms. The van der Waals surface area contributed by atoms with Crippen LogP contribution in [0.4, 0.5) is 4.39 Å². The summed E-state index contributed by atoms with van der Waals surface area (Å²) in [5, 5.41) is 7.48. The Labute approximate surface area is 128 Å². The molecule has 1 rings (SSSR count). The van der Waals surface area contributed by atoms with Gasteiger partial charge in [0.05, 0.1) is 30.5 Å². The first-order valence-electron chi connectivity index (χ1n) is 6.27. The first kappa shape index (κ1) is 17.0. The summed E-state index contributed by atoms with van der Waals surface area (Å²) >= 11 is 0. The molecule has 0 unspecified atom stereocenters. The van der Waals surface area contributed by atoms with Gasteiger partial charge >= 0.3 is 0 Å². The molecule has 0 radical (unpaired) electrons. The van der Waals surface area contributed by atoms with Crippen molar-refractivity contribution in [3.63, 3.8) is 0 Å². The summed E-state index contributed by atoms with van der Waals surface area (Å²) in [7, 11) is 0. The van der Waals surface area contributed by atoms with Crippen molar-refractivity contribution in [3.05, 3.63) is 53.1 Å². The summed E-state index contributed by atoms with van der Waals surface area (Å²) in [5.41, 5.74) is 12.7. The van der Waals surface area contributed by atoms with E-state index in [0.29, 0.717) is 22.5 Å². The highest BCUT2D eigenvalue weighted by atomic mass is 19.1. The zero-order valence-corrected chi connectivity index (χ0v) is 11.9. The van der Waals surface area contributed by atoms with Gasteiger partial charge in [0.1, 0.15) is 5.82 Å². The van der Waals surface area contributed by atoms with Crippen molar-refractivity contribution in [1.82, 2.24) is 0 Å². The molecule has 0 bridgehead atoms. The molecule has 0 spiro atoms. The second-order valence-corrected chi connectivity index (χ2v) is 4.08. The van der Waals surface area contributed by atoms with E-state index in [2.05, 4.69) is 21.7 Å². The van der Waals surface area contributed by atoms with Crippen molar-refractivity contribution < 1.29 is 4.39 Å². The fraction of sp³-hybridized carbons (Fsp3) is 0.0667.